The number of hydrogen-bond donors (Lipinski definition) is 1. The molecule has 1 aliphatic heterocycles. The average molecular weight is 428 g/mol. The molecule has 3 amide bonds. The number of rotatable bonds is 9. The molecule has 0 spiro atoms. The van der Waals surface area contributed by atoms with E-state index in [4.69, 9.17) is 19.9 Å². The van der Waals surface area contributed by atoms with Gasteiger partial charge in [-0.1, -0.05) is 24.3 Å². The second kappa shape index (κ2) is 9.84. The molecule has 0 radical (unpaired) electrons. The van der Waals surface area contributed by atoms with E-state index in [2.05, 4.69) is 0 Å². The van der Waals surface area contributed by atoms with E-state index in [9.17, 15) is 14.4 Å². The van der Waals surface area contributed by atoms with Crippen molar-refractivity contribution in [3.63, 3.8) is 0 Å². The lowest BCUT2D eigenvalue weighted by atomic mass is 10.2. The van der Waals surface area contributed by atoms with Crippen LogP contribution in [0.2, 0.25) is 0 Å². The number of hydrogen-bond acceptors (Lipinski definition) is 7. The first-order chi connectivity index (χ1) is 14.5. The van der Waals surface area contributed by atoms with Crippen LogP contribution >= 0.6 is 11.8 Å². The van der Waals surface area contributed by atoms with Crippen LogP contribution in [0.3, 0.4) is 0 Å². The predicted molar refractivity (Wildman–Crippen MR) is 112 cm³/mol. The maximum Gasteiger partial charge on any atom is 0.293 e. The van der Waals surface area contributed by atoms with Crippen LogP contribution in [0.4, 0.5) is 4.79 Å². The molecule has 0 bridgehead atoms. The van der Waals surface area contributed by atoms with Crippen molar-refractivity contribution in [2.75, 3.05) is 26.9 Å². The van der Waals surface area contributed by atoms with Crippen LogP contribution in [0.15, 0.2) is 53.4 Å². The van der Waals surface area contributed by atoms with Gasteiger partial charge in [-0.2, -0.15) is 0 Å². The van der Waals surface area contributed by atoms with Crippen molar-refractivity contribution in [2.45, 2.75) is 0 Å². The fraction of sp³-hybridized carbons (Fsp3) is 0.190. The SMILES string of the molecule is COc1ccccc1OCCN1C(=O)S/C(=C\c2ccc(OCC(N)=O)cc2)C1=O. The van der Waals surface area contributed by atoms with E-state index in [1.54, 1.807) is 49.6 Å². The third-order valence-electron chi connectivity index (χ3n) is 4.07. The molecule has 2 aromatic carbocycles. The number of amides is 3. The summed E-state index contributed by atoms with van der Waals surface area (Å²) < 4.78 is 16.1. The maximum absolute atomic E-state index is 12.6. The van der Waals surface area contributed by atoms with Crippen molar-refractivity contribution >= 4 is 34.9 Å². The Morgan fingerprint density at radius 3 is 2.43 bits per heavy atom. The highest BCUT2D eigenvalue weighted by Gasteiger charge is 2.34. The lowest BCUT2D eigenvalue weighted by Gasteiger charge is -2.14. The summed E-state index contributed by atoms with van der Waals surface area (Å²) in [5.74, 6) is 0.661. The zero-order valence-corrected chi connectivity index (χ0v) is 17.0. The molecule has 1 heterocycles. The Kier molecular flexibility index (Phi) is 6.97. The number of thioether (sulfide) groups is 1. The average Bonchev–Trinajstić information content (AvgIpc) is 3.01. The zero-order valence-electron chi connectivity index (χ0n) is 16.2. The Morgan fingerprint density at radius 2 is 1.77 bits per heavy atom. The molecule has 0 saturated carbocycles. The van der Waals surface area contributed by atoms with Gasteiger partial charge in [0.1, 0.15) is 12.4 Å². The van der Waals surface area contributed by atoms with Gasteiger partial charge in [-0.15, -0.1) is 0 Å². The Hall–Kier alpha value is -3.46. The Bertz CT molecular complexity index is 974. The van der Waals surface area contributed by atoms with Gasteiger partial charge in [0.2, 0.25) is 0 Å². The molecule has 1 fully saturated rings. The summed E-state index contributed by atoms with van der Waals surface area (Å²) in [5.41, 5.74) is 5.76. The predicted octanol–water partition coefficient (Wildman–Crippen LogP) is 2.67. The van der Waals surface area contributed by atoms with Gasteiger partial charge in [-0.25, -0.2) is 0 Å². The highest BCUT2D eigenvalue weighted by molar-refractivity contribution is 8.18. The largest absolute Gasteiger partial charge is 0.493 e. The van der Waals surface area contributed by atoms with Crippen LogP contribution in [0.5, 0.6) is 17.2 Å². The molecule has 1 aliphatic rings. The Balaban J connectivity index is 1.59. The number of nitrogens with zero attached hydrogens (tertiary/aromatic N) is 1. The zero-order chi connectivity index (χ0) is 21.5. The van der Waals surface area contributed by atoms with E-state index >= 15 is 0 Å². The molecule has 1 saturated heterocycles. The van der Waals surface area contributed by atoms with Gasteiger partial charge in [0.15, 0.2) is 18.1 Å². The van der Waals surface area contributed by atoms with E-state index in [1.165, 1.54) is 0 Å². The van der Waals surface area contributed by atoms with Gasteiger partial charge >= 0.3 is 0 Å². The van der Waals surface area contributed by atoms with Crippen molar-refractivity contribution in [2.24, 2.45) is 5.73 Å². The third-order valence-corrected chi connectivity index (χ3v) is 4.98. The number of primary amides is 1. The van der Waals surface area contributed by atoms with Gasteiger partial charge < -0.3 is 19.9 Å². The fourth-order valence-electron chi connectivity index (χ4n) is 2.64. The molecule has 0 aliphatic carbocycles. The van der Waals surface area contributed by atoms with E-state index in [1.807, 2.05) is 12.1 Å². The molecular formula is C21H20N2O6S. The third kappa shape index (κ3) is 5.32. The highest BCUT2D eigenvalue weighted by atomic mass is 32.2. The molecule has 30 heavy (non-hydrogen) atoms. The Morgan fingerprint density at radius 1 is 1.07 bits per heavy atom. The lowest BCUT2D eigenvalue weighted by molar-refractivity contribution is -0.123. The first kappa shape index (κ1) is 21.3. The first-order valence-corrected chi connectivity index (χ1v) is 9.82. The number of carbonyl (C=O) groups excluding carboxylic acids is 3. The Labute approximate surface area is 177 Å². The molecule has 3 rings (SSSR count). The molecule has 9 heteroatoms. The standard InChI is InChI=1S/C21H20N2O6S/c1-27-16-4-2-3-5-17(16)28-11-10-23-20(25)18(30-21(23)26)12-14-6-8-15(9-7-14)29-13-19(22)24/h2-9,12H,10-11,13H2,1H3,(H2,22,24)/b18-12-. The normalized spacial score (nSPS) is 14.8. The van der Waals surface area contributed by atoms with Crippen molar-refractivity contribution < 1.29 is 28.6 Å². The number of benzene rings is 2. The van der Waals surface area contributed by atoms with Crippen LogP contribution in [-0.4, -0.2) is 48.8 Å². The van der Waals surface area contributed by atoms with Gasteiger partial charge in [0, 0.05) is 0 Å². The molecule has 156 valence electrons. The van der Waals surface area contributed by atoms with E-state index in [-0.39, 0.29) is 30.9 Å². The number of carbonyl (C=O) groups is 3. The molecule has 0 unspecified atom stereocenters. The summed E-state index contributed by atoms with van der Waals surface area (Å²) in [6.45, 7) is 0.0622. The van der Waals surface area contributed by atoms with E-state index in [0.717, 1.165) is 22.2 Å². The van der Waals surface area contributed by atoms with Gasteiger partial charge in [0.25, 0.3) is 17.1 Å². The quantitative estimate of drug-likeness (QED) is 0.612. The fourth-order valence-corrected chi connectivity index (χ4v) is 3.51. The van der Waals surface area contributed by atoms with Crippen LogP contribution in [-0.2, 0) is 9.59 Å². The monoisotopic (exact) mass is 428 g/mol. The van der Waals surface area contributed by atoms with E-state index < -0.39 is 5.91 Å². The van der Waals surface area contributed by atoms with Crippen molar-refractivity contribution in [3.05, 3.63) is 59.0 Å². The second-order valence-electron chi connectivity index (χ2n) is 6.16. The molecule has 0 aromatic heterocycles. The smallest absolute Gasteiger partial charge is 0.293 e. The van der Waals surface area contributed by atoms with Gasteiger partial charge in [-0.3, -0.25) is 19.3 Å². The summed E-state index contributed by atoms with van der Waals surface area (Å²) in [6, 6.07) is 13.9. The summed E-state index contributed by atoms with van der Waals surface area (Å²) in [4.78, 5) is 37.0. The molecule has 0 atom stereocenters. The van der Waals surface area contributed by atoms with Crippen LogP contribution in [0.1, 0.15) is 5.56 Å². The number of imide groups is 1. The lowest BCUT2D eigenvalue weighted by Crippen LogP contribution is -2.32. The summed E-state index contributed by atoms with van der Waals surface area (Å²) in [6.07, 6.45) is 1.63. The topological polar surface area (TPSA) is 108 Å². The second-order valence-corrected chi connectivity index (χ2v) is 7.15. The number of para-hydroxylation sites is 2. The molecule has 8 nitrogen and oxygen atoms in total. The summed E-state index contributed by atoms with van der Waals surface area (Å²) >= 11 is 0.875. The highest BCUT2D eigenvalue weighted by Crippen LogP contribution is 2.32. The minimum atomic E-state index is -0.567. The first-order valence-electron chi connectivity index (χ1n) is 9.00. The van der Waals surface area contributed by atoms with Crippen LogP contribution < -0.4 is 19.9 Å². The summed E-state index contributed by atoms with van der Waals surface area (Å²) in [7, 11) is 1.54. The van der Waals surface area contributed by atoms with E-state index in [0.29, 0.717) is 22.2 Å². The molecule has 2 aromatic rings. The van der Waals surface area contributed by atoms with Crippen molar-refractivity contribution in [3.8, 4) is 17.2 Å². The van der Waals surface area contributed by atoms with Crippen molar-refractivity contribution in [1.82, 2.24) is 4.90 Å². The van der Waals surface area contributed by atoms with Crippen LogP contribution in [0, 0.1) is 0 Å². The number of methoxy groups -OCH3 is 1. The van der Waals surface area contributed by atoms with Crippen LogP contribution in [0.25, 0.3) is 6.08 Å². The van der Waals surface area contributed by atoms with Gasteiger partial charge in [-0.05, 0) is 47.7 Å². The minimum Gasteiger partial charge on any atom is -0.493 e. The number of nitrogens with two attached hydrogens (primary N) is 1. The molecular weight excluding hydrogens is 408 g/mol. The molecule has 2 N–H and O–H groups in total. The minimum absolute atomic E-state index is 0.125. The maximum atomic E-state index is 12.6. The van der Waals surface area contributed by atoms with Crippen molar-refractivity contribution in [1.29, 1.82) is 0 Å². The summed E-state index contributed by atoms with van der Waals surface area (Å²) in [5, 5.41) is -0.351. The number of ether oxygens (including phenoxy) is 3. The van der Waals surface area contributed by atoms with Gasteiger partial charge in [0.05, 0.1) is 18.6 Å².